The third-order valence-electron chi connectivity index (χ3n) is 5.26. The molecule has 0 spiro atoms. The zero-order chi connectivity index (χ0) is 22.2. The number of rotatable bonds is 5. The molecule has 33 heavy (non-hydrogen) atoms. The Labute approximate surface area is 187 Å². The monoisotopic (exact) mass is 435 g/mol. The van der Waals surface area contributed by atoms with Gasteiger partial charge in [0.05, 0.1) is 11.8 Å². The molecular weight excluding hydrogens is 418 g/mol. The molecule has 0 bridgehead atoms. The van der Waals surface area contributed by atoms with Gasteiger partial charge in [-0.2, -0.15) is 0 Å². The number of anilines is 2. The molecule has 1 N–H and O–H groups in total. The molecule has 9 nitrogen and oxygen atoms in total. The highest BCUT2D eigenvalue weighted by Crippen LogP contribution is 2.31. The van der Waals surface area contributed by atoms with Crippen molar-refractivity contribution in [2.75, 3.05) is 5.32 Å². The van der Waals surface area contributed by atoms with E-state index in [0.717, 1.165) is 33.5 Å². The fraction of sp³-hybridized carbons (Fsp3) is 0.0417. The first kappa shape index (κ1) is 18.9. The van der Waals surface area contributed by atoms with Crippen LogP contribution in [0.2, 0.25) is 0 Å². The van der Waals surface area contributed by atoms with Gasteiger partial charge in [-0.1, -0.05) is 0 Å². The van der Waals surface area contributed by atoms with Crippen molar-refractivity contribution in [3.05, 3.63) is 85.4 Å². The molecule has 4 aromatic heterocycles. The van der Waals surface area contributed by atoms with Crippen molar-refractivity contribution in [3.8, 4) is 23.0 Å². The Morgan fingerprint density at radius 3 is 2.82 bits per heavy atom. The fourth-order valence-electron chi connectivity index (χ4n) is 3.61. The largest absolute Gasteiger partial charge is 0.464 e. The number of aryl methyl sites for hydroxylation is 1. The molecular formula is C24H17N7O2. The third-order valence-corrected chi connectivity index (χ3v) is 5.26. The first-order chi connectivity index (χ1) is 16.2. The normalized spacial score (nSPS) is 11.2. The Morgan fingerprint density at radius 2 is 1.94 bits per heavy atom. The quantitative estimate of drug-likeness (QED) is 0.395. The molecule has 4 heterocycles. The topological polar surface area (TPSA) is 103 Å². The van der Waals surface area contributed by atoms with Crippen LogP contribution in [0.25, 0.3) is 27.9 Å². The molecule has 6 aromatic rings. The number of fused-ring (bicyclic) bond motifs is 2. The van der Waals surface area contributed by atoms with E-state index in [-0.39, 0.29) is 0 Å². The zero-order valence-electron chi connectivity index (χ0n) is 17.5. The van der Waals surface area contributed by atoms with Crippen molar-refractivity contribution < 1.29 is 9.15 Å². The summed E-state index contributed by atoms with van der Waals surface area (Å²) in [5.74, 6) is 2.65. The molecule has 160 valence electrons. The second-order valence-corrected chi connectivity index (χ2v) is 7.46. The lowest BCUT2D eigenvalue weighted by atomic mass is 10.1. The van der Waals surface area contributed by atoms with Crippen LogP contribution < -0.4 is 10.1 Å². The molecule has 0 atom stereocenters. The van der Waals surface area contributed by atoms with Crippen LogP contribution >= 0.6 is 0 Å². The number of aromatic nitrogens is 6. The minimum Gasteiger partial charge on any atom is -0.464 e. The molecule has 2 aromatic carbocycles. The summed E-state index contributed by atoms with van der Waals surface area (Å²) in [7, 11) is 0. The first-order valence-electron chi connectivity index (χ1n) is 10.2. The van der Waals surface area contributed by atoms with Gasteiger partial charge in [-0.3, -0.25) is 4.40 Å². The molecule has 0 aliphatic heterocycles. The lowest BCUT2D eigenvalue weighted by molar-refractivity contribution is 0.458. The van der Waals surface area contributed by atoms with Gasteiger partial charge in [0, 0.05) is 22.7 Å². The summed E-state index contributed by atoms with van der Waals surface area (Å²) in [5.41, 5.74) is 4.29. The fourth-order valence-corrected chi connectivity index (χ4v) is 3.61. The number of hydrogen-bond acceptors (Lipinski definition) is 8. The van der Waals surface area contributed by atoms with E-state index in [1.54, 1.807) is 35.7 Å². The second kappa shape index (κ2) is 7.72. The van der Waals surface area contributed by atoms with E-state index < -0.39 is 0 Å². The maximum absolute atomic E-state index is 5.96. The molecule has 0 fully saturated rings. The van der Waals surface area contributed by atoms with Crippen molar-refractivity contribution in [2.45, 2.75) is 6.92 Å². The van der Waals surface area contributed by atoms with E-state index in [1.165, 1.54) is 0 Å². The second-order valence-electron chi connectivity index (χ2n) is 7.46. The van der Waals surface area contributed by atoms with Crippen LogP contribution in [-0.4, -0.2) is 29.5 Å². The number of hydrogen-bond donors (Lipinski definition) is 1. The number of furan rings is 1. The molecule has 6 rings (SSSR count). The van der Waals surface area contributed by atoms with E-state index in [1.807, 2.05) is 55.5 Å². The predicted molar refractivity (Wildman–Crippen MR) is 123 cm³/mol. The van der Waals surface area contributed by atoms with Gasteiger partial charge in [0.1, 0.15) is 36.3 Å². The standard InChI is InChI=1S/C24H17N7O2/c1-15-9-17(5-7-20(15)33-23-11-22-30-28-14-31(22)13-27-23)29-24-18-10-16(21-3-2-8-32-21)4-6-19(18)25-12-26-24/h2-14H,1H3,(H,25,26,29). The van der Waals surface area contributed by atoms with Crippen molar-refractivity contribution >= 4 is 28.1 Å². The zero-order valence-corrected chi connectivity index (χ0v) is 17.5. The van der Waals surface area contributed by atoms with Crippen molar-refractivity contribution in [2.24, 2.45) is 0 Å². The molecule has 0 aliphatic carbocycles. The van der Waals surface area contributed by atoms with Gasteiger partial charge in [-0.15, -0.1) is 10.2 Å². The Hall–Kier alpha value is -4.79. The molecule has 0 aliphatic rings. The van der Waals surface area contributed by atoms with Gasteiger partial charge in [-0.25, -0.2) is 15.0 Å². The lowest BCUT2D eigenvalue weighted by Gasteiger charge is -2.12. The van der Waals surface area contributed by atoms with E-state index in [9.17, 15) is 0 Å². The summed E-state index contributed by atoms with van der Waals surface area (Å²) >= 11 is 0. The maximum Gasteiger partial charge on any atom is 0.224 e. The maximum atomic E-state index is 5.96. The van der Waals surface area contributed by atoms with Gasteiger partial charge in [0.15, 0.2) is 5.65 Å². The van der Waals surface area contributed by atoms with Crippen molar-refractivity contribution in [1.82, 2.24) is 29.5 Å². The SMILES string of the molecule is Cc1cc(Nc2ncnc3ccc(-c4ccco4)cc23)ccc1Oc1cc2nncn2cn1. The van der Waals surface area contributed by atoms with E-state index >= 15 is 0 Å². The first-order valence-corrected chi connectivity index (χ1v) is 10.2. The van der Waals surface area contributed by atoms with Gasteiger partial charge in [0.25, 0.3) is 0 Å². The highest BCUT2D eigenvalue weighted by molar-refractivity contribution is 5.93. The van der Waals surface area contributed by atoms with Crippen LogP contribution in [0.15, 0.2) is 84.3 Å². The molecule has 0 radical (unpaired) electrons. The van der Waals surface area contributed by atoms with Gasteiger partial charge < -0.3 is 14.5 Å². The Kier molecular flexibility index (Phi) is 4.43. The summed E-state index contributed by atoms with van der Waals surface area (Å²) in [6.45, 7) is 1.98. The highest BCUT2D eigenvalue weighted by atomic mass is 16.5. The summed E-state index contributed by atoms with van der Waals surface area (Å²) in [6, 6.07) is 17.3. The number of nitrogens with one attached hydrogen (secondary N) is 1. The molecule has 0 unspecified atom stereocenters. The van der Waals surface area contributed by atoms with Crippen molar-refractivity contribution in [1.29, 1.82) is 0 Å². The van der Waals surface area contributed by atoms with E-state index in [2.05, 4.69) is 30.5 Å². The van der Waals surface area contributed by atoms with Gasteiger partial charge >= 0.3 is 0 Å². The summed E-state index contributed by atoms with van der Waals surface area (Å²) in [4.78, 5) is 13.1. The number of benzene rings is 2. The smallest absolute Gasteiger partial charge is 0.224 e. The average molecular weight is 435 g/mol. The summed E-state index contributed by atoms with van der Waals surface area (Å²) in [5, 5.41) is 12.2. The Morgan fingerprint density at radius 1 is 0.970 bits per heavy atom. The summed E-state index contributed by atoms with van der Waals surface area (Å²) < 4.78 is 13.2. The highest BCUT2D eigenvalue weighted by Gasteiger charge is 2.10. The lowest BCUT2D eigenvalue weighted by Crippen LogP contribution is -1.98. The number of ether oxygens (including phenoxy) is 1. The predicted octanol–water partition coefficient (Wildman–Crippen LogP) is 5.17. The van der Waals surface area contributed by atoms with Crippen LogP contribution in [0.1, 0.15) is 5.56 Å². The average Bonchev–Trinajstić information content (AvgIpc) is 3.53. The van der Waals surface area contributed by atoms with E-state index in [0.29, 0.717) is 23.1 Å². The van der Waals surface area contributed by atoms with Gasteiger partial charge in [0.2, 0.25) is 5.88 Å². The third kappa shape index (κ3) is 3.61. The van der Waals surface area contributed by atoms with Crippen LogP contribution in [-0.2, 0) is 0 Å². The minimum atomic E-state index is 0.451. The van der Waals surface area contributed by atoms with Crippen LogP contribution in [0.3, 0.4) is 0 Å². The molecule has 9 heteroatoms. The van der Waals surface area contributed by atoms with Crippen LogP contribution in [0, 0.1) is 6.92 Å². The Balaban J connectivity index is 1.29. The van der Waals surface area contributed by atoms with Crippen molar-refractivity contribution in [3.63, 3.8) is 0 Å². The van der Waals surface area contributed by atoms with Gasteiger partial charge in [-0.05, 0) is 61.0 Å². The summed E-state index contributed by atoms with van der Waals surface area (Å²) in [6.07, 6.45) is 6.42. The van der Waals surface area contributed by atoms with Crippen LogP contribution in [0.4, 0.5) is 11.5 Å². The van der Waals surface area contributed by atoms with E-state index in [4.69, 9.17) is 9.15 Å². The molecule has 0 saturated carbocycles. The van der Waals surface area contributed by atoms with Crippen LogP contribution in [0.5, 0.6) is 11.6 Å². The molecule has 0 saturated heterocycles. The number of nitrogens with zero attached hydrogens (tertiary/aromatic N) is 6. The minimum absolute atomic E-state index is 0.451. The Bertz CT molecular complexity index is 1590. The molecule has 0 amide bonds.